The number of aryl methyl sites for hydroxylation is 1. The van der Waals surface area contributed by atoms with Crippen LogP contribution in [0, 0.1) is 6.92 Å². The number of para-hydroxylation sites is 3. The third-order valence-corrected chi connectivity index (χ3v) is 5.55. The Hall–Kier alpha value is -3.58. The lowest BCUT2D eigenvalue weighted by Crippen LogP contribution is -2.01. The zero-order valence-corrected chi connectivity index (χ0v) is 17.9. The summed E-state index contributed by atoms with van der Waals surface area (Å²) < 4.78 is 0. The Morgan fingerprint density at radius 3 is 2.52 bits per heavy atom. The highest BCUT2D eigenvalue weighted by Crippen LogP contribution is 2.39. The maximum Gasteiger partial charge on any atom is 0.227 e. The van der Waals surface area contributed by atoms with E-state index in [9.17, 15) is 0 Å². The fourth-order valence-electron chi connectivity index (χ4n) is 3.29. The van der Waals surface area contributed by atoms with Gasteiger partial charge in [-0.05, 0) is 50.1 Å². The molecule has 0 radical (unpaired) electrons. The second-order valence-corrected chi connectivity index (χ2v) is 8.22. The third kappa shape index (κ3) is 4.78. The molecule has 0 unspecified atom stereocenters. The molecule has 0 amide bonds. The standard InChI is InChI=1S/C14H15N3.C10H7N3S/c1-10-9-13(11-7-8-11)17-14(15-10)16-12-5-3-2-4-6-12;1-2-4-8-7(3-1)12-10(13-8)9-5-14-6-11-9/h2-6,9,11H,7-8H2,1H3,(H,15,16,17);1-6H,(H,12,13). The molecule has 3 aromatic heterocycles. The van der Waals surface area contributed by atoms with Gasteiger partial charge in [0.25, 0.3) is 0 Å². The van der Waals surface area contributed by atoms with Crippen LogP contribution in [0.25, 0.3) is 22.6 Å². The summed E-state index contributed by atoms with van der Waals surface area (Å²) in [4.78, 5) is 20.9. The number of fused-ring (bicyclic) bond motifs is 1. The van der Waals surface area contributed by atoms with Crippen LogP contribution >= 0.6 is 11.3 Å². The molecule has 6 nitrogen and oxygen atoms in total. The van der Waals surface area contributed by atoms with E-state index < -0.39 is 0 Å². The van der Waals surface area contributed by atoms with Crippen molar-refractivity contribution in [2.75, 3.05) is 5.32 Å². The molecule has 0 bridgehead atoms. The minimum absolute atomic E-state index is 0.660. The maximum absolute atomic E-state index is 4.57. The van der Waals surface area contributed by atoms with Crippen LogP contribution in [0.2, 0.25) is 0 Å². The van der Waals surface area contributed by atoms with Gasteiger partial charge >= 0.3 is 0 Å². The fourth-order valence-corrected chi connectivity index (χ4v) is 3.83. The van der Waals surface area contributed by atoms with Gasteiger partial charge in [0.15, 0.2) is 5.82 Å². The van der Waals surface area contributed by atoms with Crippen LogP contribution in [0.4, 0.5) is 11.6 Å². The molecule has 2 aromatic carbocycles. The monoisotopic (exact) mass is 426 g/mol. The molecule has 0 saturated heterocycles. The van der Waals surface area contributed by atoms with Gasteiger partial charge in [-0.15, -0.1) is 11.3 Å². The number of H-pyrrole nitrogens is 1. The Morgan fingerprint density at radius 2 is 1.77 bits per heavy atom. The van der Waals surface area contributed by atoms with Crippen molar-refractivity contribution in [2.24, 2.45) is 0 Å². The van der Waals surface area contributed by atoms with Gasteiger partial charge in [-0.3, -0.25) is 0 Å². The number of hydrogen-bond donors (Lipinski definition) is 2. The highest BCUT2D eigenvalue weighted by atomic mass is 32.1. The molecule has 31 heavy (non-hydrogen) atoms. The molecule has 0 atom stereocenters. The summed E-state index contributed by atoms with van der Waals surface area (Å²) >= 11 is 1.57. The molecule has 5 aromatic rings. The topological polar surface area (TPSA) is 79.4 Å². The number of aromatic nitrogens is 5. The maximum atomic E-state index is 4.57. The highest BCUT2D eigenvalue weighted by molar-refractivity contribution is 7.07. The summed E-state index contributed by atoms with van der Waals surface area (Å²) in [6.45, 7) is 2.02. The molecule has 1 aliphatic carbocycles. The summed E-state index contributed by atoms with van der Waals surface area (Å²) in [7, 11) is 0. The number of nitrogens with zero attached hydrogens (tertiary/aromatic N) is 4. The molecule has 7 heteroatoms. The van der Waals surface area contributed by atoms with E-state index in [1.165, 1.54) is 18.5 Å². The normalized spacial score (nSPS) is 12.9. The minimum atomic E-state index is 0.660. The lowest BCUT2D eigenvalue weighted by Gasteiger charge is -2.07. The van der Waals surface area contributed by atoms with Crippen LogP contribution in [0.1, 0.15) is 30.1 Å². The van der Waals surface area contributed by atoms with E-state index in [1.807, 2.05) is 72.4 Å². The van der Waals surface area contributed by atoms with E-state index in [4.69, 9.17) is 0 Å². The summed E-state index contributed by atoms with van der Waals surface area (Å²) in [5.74, 6) is 2.21. The van der Waals surface area contributed by atoms with Crippen molar-refractivity contribution in [1.29, 1.82) is 0 Å². The predicted molar refractivity (Wildman–Crippen MR) is 126 cm³/mol. The van der Waals surface area contributed by atoms with E-state index in [2.05, 4.69) is 36.3 Å². The SMILES string of the molecule is Cc1cc(C2CC2)nc(Nc2ccccc2)n1.c1ccc2[nH]c(-c3cscn3)nc2c1. The minimum Gasteiger partial charge on any atom is -0.337 e. The van der Waals surface area contributed by atoms with Crippen molar-refractivity contribution in [3.05, 3.63) is 82.9 Å². The van der Waals surface area contributed by atoms with Crippen LogP contribution in [-0.2, 0) is 0 Å². The van der Waals surface area contributed by atoms with Gasteiger partial charge in [0, 0.05) is 28.4 Å². The second-order valence-electron chi connectivity index (χ2n) is 7.50. The van der Waals surface area contributed by atoms with E-state index in [1.54, 1.807) is 11.3 Å². The molecule has 2 N–H and O–H groups in total. The van der Waals surface area contributed by atoms with Crippen molar-refractivity contribution < 1.29 is 0 Å². The zero-order valence-electron chi connectivity index (χ0n) is 17.1. The molecule has 3 heterocycles. The van der Waals surface area contributed by atoms with Crippen molar-refractivity contribution in [3.63, 3.8) is 0 Å². The van der Waals surface area contributed by atoms with Gasteiger partial charge in [-0.1, -0.05) is 30.3 Å². The first kappa shape index (κ1) is 19.4. The average molecular weight is 427 g/mol. The Kier molecular flexibility index (Phi) is 5.41. The predicted octanol–water partition coefficient (Wildman–Crippen LogP) is 6.09. The van der Waals surface area contributed by atoms with Crippen LogP contribution < -0.4 is 5.32 Å². The zero-order chi connectivity index (χ0) is 21.0. The first-order valence-corrected chi connectivity index (χ1v) is 11.2. The van der Waals surface area contributed by atoms with E-state index in [0.717, 1.165) is 33.9 Å². The molecule has 0 spiro atoms. The van der Waals surface area contributed by atoms with Gasteiger partial charge in [0.2, 0.25) is 5.95 Å². The summed E-state index contributed by atoms with van der Waals surface area (Å²) in [5, 5.41) is 5.23. The number of aromatic amines is 1. The van der Waals surface area contributed by atoms with E-state index >= 15 is 0 Å². The summed E-state index contributed by atoms with van der Waals surface area (Å²) in [6.07, 6.45) is 2.53. The van der Waals surface area contributed by atoms with Crippen molar-refractivity contribution >= 4 is 34.0 Å². The van der Waals surface area contributed by atoms with Crippen molar-refractivity contribution in [2.45, 2.75) is 25.7 Å². The molecule has 1 saturated carbocycles. The molecule has 1 aliphatic rings. The van der Waals surface area contributed by atoms with Gasteiger partial charge in [-0.2, -0.15) is 0 Å². The van der Waals surface area contributed by atoms with E-state index in [-0.39, 0.29) is 0 Å². The largest absolute Gasteiger partial charge is 0.337 e. The average Bonchev–Trinajstić information content (AvgIpc) is 3.31. The molecule has 154 valence electrons. The van der Waals surface area contributed by atoms with Crippen molar-refractivity contribution in [1.82, 2.24) is 24.9 Å². The number of nitrogens with one attached hydrogen (secondary N) is 2. The smallest absolute Gasteiger partial charge is 0.227 e. The van der Waals surface area contributed by atoms with Crippen LogP contribution in [0.5, 0.6) is 0 Å². The van der Waals surface area contributed by atoms with Crippen LogP contribution in [-0.4, -0.2) is 24.9 Å². The van der Waals surface area contributed by atoms with Gasteiger partial charge < -0.3 is 10.3 Å². The van der Waals surface area contributed by atoms with Gasteiger partial charge in [0.05, 0.1) is 16.5 Å². The lowest BCUT2D eigenvalue weighted by atomic mass is 10.2. The van der Waals surface area contributed by atoms with E-state index in [0.29, 0.717) is 11.9 Å². The molecular weight excluding hydrogens is 404 g/mol. The quantitative estimate of drug-likeness (QED) is 0.363. The Balaban J connectivity index is 0.000000134. The van der Waals surface area contributed by atoms with Crippen LogP contribution in [0.15, 0.2) is 71.6 Å². The number of hydrogen-bond acceptors (Lipinski definition) is 6. The Morgan fingerprint density at radius 1 is 0.968 bits per heavy atom. The molecular formula is C24H22N6S. The van der Waals surface area contributed by atoms with Gasteiger partial charge in [-0.25, -0.2) is 19.9 Å². The summed E-state index contributed by atoms with van der Waals surface area (Å²) in [6, 6.07) is 20.1. The fraction of sp³-hybridized carbons (Fsp3) is 0.167. The first-order valence-electron chi connectivity index (χ1n) is 10.3. The number of benzene rings is 2. The number of rotatable bonds is 4. The third-order valence-electron chi connectivity index (χ3n) is 4.96. The molecule has 1 fully saturated rings. The molecule has 6 rings (SSSR count). The van der Waals surface area contributed by atoms with Crippen molar-refractivity contribution in [3.8, 4) is 11.5 Å². The van der Waals surface area contributed by atoms with Crippen LogP contribution in [0.3, 0.4) is 0 Å². The lowest BCUT2D eigenvalue weighted by molar-refractivity contribution is 0.972. The highest BCUT2D eigenvalue weighted by Gasteiger charge is 2.25. The number of anilines is 2. The van der Waals surface area contributed by atoms with Gasteiger partial charge in [0.1, 0.15) is 5.69 Å². The Bertz CT molecular complexity index is 1240. The second kappa shape index (κ2) is 8.65. The number of thiazole rings is 1. The Labute approximate surface area is 184 Å². The summed E-state index contributed by atoms with van der Waals surface area (Å²) in [5.41, 5.74) is 7.98. The molecule has 0 aliphatic heterocycles. The number of imidazole rings is 1. The first-order chi connectivity index (χ1) is 15.2.